The Morgan fingerprint density at radius 3 is 2.50 bits per heavy atom. The molecule has 36 heavy (non-hydrogen) atoms. The monoisotopic (exact) mass is 492 g/mol. The number of hydrogen-bond acceptors (Lipinski definition) is 6. The summed E-state index contributed by atoms with van der Waals surface area (Å²) in [5.74, 6) is -0.105. The fraction of sp³-hybridized carbons (Fsp3) is 0.556. The Morgan fingerprint density at radius 2 is 1.89 bits per heavy atom. The van der Waals surface area contributed by atoms with Gasteiger partial charge in [-0.25, -0.2) is 14.8 Å². The highest BCUT2D eigenvalue weighted by atomic mass is 16.3. The summed E-state index contributed by atoms with van der Waals surface area (Å²) in [5.41, 5.74) is 1.14. The third-order valence-electron chi connectivity index (χ3n) is 8.70. The summed E-state index contributed by atoms with van der Waals surface area (Å²) in [5, 5.41) is 12.5. The van der Waals surface area contributed by atoms with Gasteiger partial charge in [0.1, 0.15) is 18.6 Å². The van der Waals surface area contributed by atoms with Crippen LogP contribution in [0.5, 0.6) is 5.88 Å². The van der Waals surface area contributed by atoms with Crippen molar-refractivity contribution in [2.75, 3.05) is 39.0 Å². The summed E-state index contributed by atoms with van der Waals surface area (Å²) < 4.78 is 0. The number of carbonyl (C=O) groups excluding carboxylic acids is 2. The van der Waals surface area contributed by atoms with Gasteiger partial charge >= 0.3 is 6.03 Å². The van der Waals surface area contributed by atoms with Gasteiger partial charge in [-0.15, -0.1) is 0 Å². The summed E-state index contributed by atoms with van der Waals surface area (Å²) in [6.07, 6.45) is 9.81. The van der Waals surface area contributed by atoms with E-state index in [0.29, 0.717) is 12.5 Å². The standard InChI is InChI=1S/C27H36N6O3/c1-31(2)27(21-9-4-3-5-10-21)13-11-26(12-14-27)18-32(25(36)33(26)16-20-7-6-8-20)17-23(34)30-22-15-28-19-29-24(22)35/h3-5,9-10,15,19-20H,6-8,11-14,16-18H2,1-2H3,(H,30,34)(H,28,29,35)/t26-,27-. The van der Waals surface area contributed by atoms with E-state index in [2.05, 4.69) is 69.5 Å². The number of nitrogens with one attached hydrogen (secondary N) is 1. The van der Waals surface area contributed by atoms with Crippen LogP contribution in [-0.2, 0) is 10.3 Å². The SMILES string of the molecule is CN(C)[C@]1(c2ccccc2)CC[C@@]2(CC1)CN(CC(=O)Nc1cncnc1O)C(=O)N2CC1CCC1. The smallest absolute Gasteiger partial charge is 0.321 e. The van der Waals surface area contributed by atoms with Crippen LogP contribution in [0.4, 0.5) is 10.5 Å². The van der Waals surface area contributed by atoms with Gasteiger partial charge in [-0.3, -0.25) is 9.69 Å². The Kier molecular flexibility index (Phi) is 6.59. The summed E-state index contributed by atoms with van der Waals surface area (Å²) in [7, 11) is 4.30. The van der Waals surface area contributed by atoms with Crippen LogP contribution in [0.3, 0.4) is 0 Å². The highest BCUT2D eigenvalue weighted by Gasteiger charge is 2.55. The molecule has 3 amide bonds. The maximum absolute atomic E-state index is 13.7. The summed E-state index contributed by atoms with van der Waals surface area (Å²) in [6.45, 7) is 1.25. The third-order valence-corrected chi connectivity index (χ3v) is 8.70. The van der Waals surface area contributed by atoms with Crippen LogP contribution in [0.15, 0.2) is 42.9 Å². The van der Waals surface area contributed by atoms with Crippen molar-refractivity contribution in [3.63, 3.8) is 0 Å². The first kappa shape index (κ1) is 24.5. The number of carbonyl (C=O) groups is 2. The minimum Gasteiger partial charge on any atom is -0.492 e. The van der Waals surface area contributed by atoms with Crippen molar-refractivity contribution in [3.05, 3.63) is 48.4 Å². The number of rotatable bonds is 7. The first-order chi connectivity index (χ1) is 17.3. The van der Waals surface area contributed by atoms with Gasteiger partial charge in [-0.1, -0.05) is 36.8 Å². The van der Waals surface area contributed by atoms with Gasteiger partial charge in [0.25, 0.3) is 0 Å². The molecule has 0 bridgehead atoms. The zero-order valence-electron chi connectivity index (χ0n) is 21.2. The molecule has 0 unspecified atom stereocenters. The van der Waals surface area contributed by atoms with Gasteiger partial charge in [0.05, 0.1) is 11.7 Å². The molecule has 1 aromatic carbocycles. The molecule has 2 heterocycles. The fourth-order valence-electron chi connectivity index (χ4n) is 6.28. The lowest BCUT2D eigenvalue weighted by Crippen LogP contribution is -2.56. The number of amides is 3. The average Bonchev–Trinajstić information content (AvgIpc) is 3.08. The van der Waals surface area contributed by atoms with E-state index in [4.69, 9.17) is 0 Å². The van der Waals surface area contributed by atoms with Crippen LogP contribution in [0.1, 0.15) is 50.5 Å². The van der Waals surface area contributed by atoms with Gasteiger partial charge in [0.2, 0.25) is 11.8 Å². The molecule has 0 radical (unpaired) electrons. The second kappa shape index (κ2) is 9.69. The molecule has 1 spiro atoms. The molecule has 3 aliphatic rings. The molecule has 2 aliphatic carbocycles. The highest BCUT2D eigenvalue weighted by molar-refractivity contribution is 5.95. The van der Waals surface area contributed by atoms with Crippen LogP contribution in [0, 0.1) is 5.92 Å². The number of nitrogens with zero attached hydrogens (tertiary/aromatic N) is 5. The van der Waals surface area contributed by atoms with E-state index in [1.807, 2.05) is 0 Å². The molecule has 192 valence electrons. The van der Waals surface area contributed by atoms with Crippen LogP contribution in [-0.4, -0.2) is 81.0 Å². The molecule has 3 fully saturated rings. The number of aromatic hydroxyl groups is 1. The van der Waals surface area contributed by atoms with Gasteiger partial charge in [0.15, 0.2) is 0 Å². The molecule has 0 atom stereocenters. The molecule has 1 aliphatic heterocycles. The molecule has 1 aromatic heterocycles. The number of hydrogen-bond donors (Lipinski definition) is 2. The van der Waals surface area contributed by atoms with Crippen LogP contribution < -0.4 is 5.32 Å². The fourth-order valence-corrected chi connectivity index (χ4v) is 6.28. The maximum atomic E-state index is 13.7. The normalized spacial score (nSPS) is 26.5. The summed E-state index contributed by atoms with van der Waals surface area (Å²) in [6, 6.07) is 10.6. The number of urea groups is 1. The lowest BCUT2D eigenvalue weighted by molar-refractivity contribution is -0.116. The van der Waals surface area contributed by atoms with E-state index in [1.165, 1.54) is 37.4 Å². The molecule has 2 N–H and O–H groups in total. The Bertz CT molecular complexity index is 1100. The van der Waals surface area contributed by atoms with Crippen molar-refractivity contribution in [1.82, 2.24) is 24.7 Å². The van der Waals surface area contributed by atoms with Crippen LogP contribution >= 0.6 is 0 Å². The third kappa shape index (κ3) is 4.40. The lowest BCUT2D eigenvalue weighted by Gasteiger charge is -2.51. The van der Waals surface area contributed by atoms with Crippen LogP contribution in [0.2, 0.25) is 0 Å². The predicted octanol–water partition coefficient (Wildman–Crippen LogP) is 3.43. The minimum absolute atomic E-state index is 0.0531. The maximum Gasteiger partial charge on any atom is 0.321 e. The Labute approximate surface area is 212 Å². The van der Waals surface area contributed by atoms with E-state index in [0.717, 1.165) is 32.2 Å². The van der Waals surface area contributed by atoms with E-state index in [9.17, 15) is 14.7 Å². The average molecular weight is 493 g/mol. The van der Waals surface area contributed by atoms with Gasteiger partial charge in [-0.05, 0) is 64.1 Å². The van der Waals surface area contributed by atoms with Gasteiger partial charge < -0.3 is 20.2 Å². The van der Waals surface area contributed by atoms with Gasteiger partial charge in [-0.2, -0.15) is 0 Å². The van der Waals surface area contributed by atoms with Crippen molar-refractivity contribution in [3.8, 4) is 5.88 Å². The first-order valence-corrected chi connectivity index (χ1v) is 12.9. The highest BCUT2D eigenvalue weighted by Crippen LogP contribution is 2.49. The second-order valence-electron chi connectivity index (χ2n) is 10.9. The van der Waals surface area contributed by atoms with E-state index >= 15 is 0 Å². The topological polar surface area (TPSA) is 102 Å². The molecule has 1 saturated heterocycles. The molecule has 5 rings (SSSR count). The van der Waals surface area contributed by atoms with E-state index in [-0.39, 0.29) is 41.1 Å². The van der Waals surface area contributed by atoms with E-state index in [1.54, 1.807) is 4.90 Å². The van der Waals surface area contributed by atoms with Crippen molar-refractivity contribution in [2.45, 2.75) is 56.0 Å². The van der Waals surface area contributed by atoms with Crippen molar-refractivity contribution < 1.29 is 14.7 Å². The number of benzene rings is 1. The largest absolute Gasteiger partial charge is 0.492 e. The van der Waals surface area contributed by atoms with E-state index < -0.39 is 0 Å². The Hall–Kier alpha value is -3.20. The van der Waals surface area contributed by atoms with Crippen molar-refractivity contribution >= 4 is 17.6 Å². The first-order valence-electron chi connectivity index (χ1n) is 12.9. The van der Waals surface area contributed by atoms with Crippen molar-refractivity contribution in [2.24, 2.45) is 5.92 Å². The van der Waals surface area contributed by atoms with Crippen LogP contribution in [0.25, 0.3) is 0 Å². The number of aromatic nitrogens is 2. The quantitative estimate of drug-likeness (QED) is 0.614. The molecule has 9 heteroatoms. The second-order valence-corrected chi connectivity index (χ2v) is 10.9. The molecular weight excluding hydrogens is 456 g/mol. The molecule has 2 saturated carbocycles. The Morgan fingerprint density at radius 1 is 1.17 bits per heavy atom. The molecule has 9 nitrogen and oxygen atoms in total. The zero-order valence-corrected chi connectivity index (χ0v) is 21.2. The lowest BCUT2D eigenvalue weighted by atomic mass is 9.68. The molecular formula is C27H36N6O3. The summed E-state index contributed by atoms with van der Waals surface area (Å²) in [4.78, 5) is 40.1. The number of anilines is 1. The zero-order chi connectivity index (χ0) is 25.3. The summed E-state index contributed by atoms with van der Waals surface area (Å²) >= 11 is 0. The molecule has 2 aromatic rings. The Balaban J connectivity index is 1.35. The minimum atomic E-state index is -0.364. The predicted molar refractivity (Wildman–Crippen MR) is 136 cm³/mol. The van der Waals surface area contributed by atoms with Crippen molar-refractivity contribution in [1.29, 1.82) is 0 Å². The van der Waals surface area contributed by atoms with Gasteiger partial charge in [0, 0.05) is 18.6 Å².